The summed E-state index contributed by atoms with van der Waals surface area (Å²) < 4.78 is 0. The summed E-state index contributed by atoms with van der Waals surface area (Å²) in [5, 5.41) is 3.71. The standard InChI is InChI=1S/C12H23N/c1-9-4-5-10(6-9)11-7-12(2,3)8-13-11/h9-11,13H,4-8H2,1-3H3. The SMILES string of the molecule is CC1CCC(C2CC(C)(C)CN2)C1. The second kappa shape index (κ2) is 3.27. The van der Waals surface area contributed by atoms with Gasteiger partial charge in [-0.25, -0.2) is 0 Å². The molecule has 2 rings (SSSR count). The third-order valence-corrected chi connectivity index (χ3v) is 3.92. The molecule has 1 saturated heterocycles. The zero-order chi connectivity index (χ0) is 9.47. The molecule has 3 unspecified atom stereocenters. The average molecular weight is 181 g/mol. The number of hydrogen-bond donors (Lipinski definition) is 1. The Balaban J connectivity index is 1.89. The molecule has 1 aliphatic carbocycles. The molecule has 0 bridgehead atoms. The molecule has 2 aliphatic rings. The fourth-order valence-corrected chi connectivity index (χ4v) is 3.10. The van der Waals surface area contributed by atoms with E-state index in [-0.39, 0.29) is 0 Å². The first-order valence-electron chi connectivity index (χ1n) is 5.80. The van der Waals surface area contributed by atoms with Gasteiger partial charge in [0.15, 0.2) is 0 Å². The predicted octanol–water partition coefficient (Wildman–Crippen LogP) is 2.81. The summed E-state index contributed by atoms with van der Waals surface area (Å²) in [7, 11) is 0. The van der Waals surface area contributed by atoms with Crippen LogP contribution in [0.2, 0.25) is 0 Å². The Hall–Kier alpha value is -0.0400. The Morgan fingerprint density at radius 2 is 2.00 bits per heavy atom. The molecular weight excluding hydrogens is 158 g/mol. The van der Waals surface area contributed by atoms with E-state index in [2.05, 4.69) is 26.1 Å². The van der Waals surface area contributed by atoms with Crippen molar-refractivity contribution in [1.29, 1.82) is 0 Å². The van der Waals surface area contributed by atoms with E-state index in [0.717, 1.165) is 17.9 Å². The maximum Gasteiger partial charge on any atom is 0.0101 e. The van der Waals surface area contributed by atoms with Crippen molar-refractivity contribution in [3.63, 3.8) is 0 Å². The van der Waals surface area contributed by atoms with Gasteiger partial charge in [-0.1, -0.05) is 27.2 Å². The van der Waals surface area contributed by atoms with E-state index >= 15 is 0 Å². The lowest BCUT2D eigenvalue weighted by atomic mass is 9.86. The van der Waals surface area contributed by atoms with E-state index in [1.807, 2.05) is 0 Å². The van der Waals surface area contributed by atoms with E-state index in [9.17, 15) is 0 Å². The van der Waals surface area contributed by atoms with Crippen molar-refractivity contribution in [3.05, 3.63) is 0 Å². The van der Waals surface area contributed by atoms with Gasteiger partial charge in [-0.3, -0.25) is 0 Å². The van der Waals surface area contributed by atoms with Gasteiger partial charge < -0.3 is 5.32 Å². The van der Waals surface area contributed by atoms with Crippen molar-refractivity contribution in [1.82, 2.24) is 5.32 Å². The summed E-state index contributed by atoms with van der Waals surface area (Å²) >= 11 is 0. The van der Waals surface area contributed by atoms with Crippen LogP contribution in [0.4, 0.5) is 0 Å². The van der Waals surface area contributed by atoms with Gasteiger partial charge in [0.2, 0.25) is 0 Å². The zero-order valence-electron chi connectivity index (χ0n) is 9.27. The fourth-order valence-electron chi connectivity index (χ4n) is 3.10. The van der Waals surface area contributed by atoms with Crippen molar-refractivity contribution in [2.24, 2.45) is 17.3 Å². The topological polar surface area (TPSA) is 12.0 Å². The van der Waals surface area contributed by atoms with E-state index in [4.69, 9.17) is 0 Å². The minimum Gasteiger partial charge on any atom is -0.313 e. The average Bonchev–Trinajstić information content (AvgIpc) is 2.56. The molecule has 1 nitrogen and oxygen atoms in total. The molecule has 76 valence electrons. The third kappa shape index (κ3) is 2.07. The van der Waals surface area contributed by atoms with E-state index in [1.54, 1.807) is 0 Å². The van der Waals surface area contributed by atoms with Crippen LogP contribution in [0.1, 0.15) is 46.5 Å². The molecule has 1 aliphatic heterocycles. The van der Waals surface area contributed by atoms with E-state index < -0.39 is 0 Å². The van der Waals surface area contributed by atoms with Crippen LogP contribution in [-0.4, -0.2) is 12.6 Å². The van der Waals surface area contributed by atoms with Crippen LogP contribution in [0.25, 0.3) is 0 Å². The smallest absolute Gasteiger partial charge is 0.0101 e. The largest absolute Gasteiger partial charge is 0.313 e. The van der Waals surface area contributed by atoms with Crippen LogP contribution in [0.3, 0.4) is 0 Å². The molecule has 1 N–H and O–H groups in total. The first kappa shape index (κ1) is 9.51. The van der Waals surface area contributed by atoms with E-state index in [0.29, 0.717) is 5.41 Å². The van der Waals surface area contributed by atoms with Crippen molar-refractivity contribution >= 4 is 0 Å². The third-order valence-electron chi connectivity index (χ3n) is 3.92. The lowest BCUT2D eigenvalue weighted by Gasteiger charge is -2.20. The normalized spacial score (nSPS) is 44.1. The molecule has 13 heavy (non-hydrogen) atoms. The maximum atomic E-state index is 3.71. The minimum atomic E-state index is 0.552. The molecule has 0 aromatic heterocycles. The van der Waals surface area contributed by atoms with Crippen LogP contribution < -0.4 is 5.32 Å². The van der Waals surface area contributed by atoms with Crippen LogP contribution in [0, 0.1) is 17.3 Å². The van der Waals surface area contributed by atoms with Crippen molar-refractivity contribution < 1.29 is 0 Å². The van der Waals surface area contributed by atoms with Crippen molar-refractivity contribution in [3.8, 4) is 0 Å². The molecule has 2 fully saturated rings. The van der Waals surface area contributed by atoms with Crippen molar-refractivity contribution in [2.45, 2.75) is 52.5 Å². The second-order valence-electron chi connectivity index (χ2n) is 6.03. The summed E-state index contributed by atoms with van der Waals surface area (Å²) in [4.78, 5) is 0. The lowest BCUT2D eigenvalue weighted by Crippen LogP contribution is -2.28. The Kier molecular flexibility index (Phi) is 2.39. The van der Waals surface area contributed by atoms with Crippen LogP contribution in [0.15, 0.2) is 0 Å². The lowest BCUT2D eigenvalue weighted by molar-refractivity contribution is 0.347. The maximum absolute atomic E-state index is 3.71. The zero-order valence-corrected chi connectivity index (χ0v) is 9.27. The monoisotopic (exact) mass is 181 g/mol. The predicted molar refractivity (Wildman–Crippen MR) is 56.7 cm³/mol. The summed E-state index contributed by atoms with van der Waals surface area (Å²) in [5.74, 6) is 1.97. The van der Waals surface area contributed by atoms with Gasteiger partial charge in [0.1, 0.15) is 0 Å². The highest BCUT2D eigenvalue weighted by molar-refractivity contribution is 4.93. The van der Waals surface area contributed by atoms with Gasteiger partial charge in [0, 0.05) is 12.6 Å². The molecule has 0 amide bonds. The van der Waals surface area contributed by atoms with Gasteiger partial charge in [-0.05, 0) is 36.5 Å². The van der Waals surface area contributed by atoms with Crippen LogP contribution in [-0.2, 0) is 0 Å². The Morgan fingerprint density at radius 1 is 1.23 bits per heavy atom. The molecule has 3 atom stereocenters. The van der Waals surface area contributed by atoms with Gasteiger partial charge in [-0.15, -0.1) is 0 Å². The van der Waals surface area contributed by atoms with Gasteiger partial charge in [0.05, 0.1) is 0 Å². The molecule has 0 aromatic rings. The quantitative estimate of drug-likeness (QED) is 0.656. The van der Waals surface area contributed by atoms with Crippen molar-refractivity contribution in [2.75, 3.05) is 6.54 Å². The van der Waals surface area contributed by atoms with Gasteiger partial charge in [-0.2, -0.15) is 0 Å². The highest BCUT2D eigenvalue weighted by Crippen LogP contribution is 2.39. The van der Waals surface area contributed by atoms with Crippen LogP contribution in [0.5, 0.6) is 0 Å². The number of rotatable bonds is 1. The molecular formula is C12H23N. The summed E-state index contributed by atoms with van der Waals surface area (Å²) in [6, 6.07) is 0.833. The second-order valence-corrected chi connectivity index (χ2v) is 6.03. The number of hydrogen-bond acceptors (Lipinski definition) is 1. The first-order valence-corrected chi connectivity index (χ1v) is 5.80. The number of nitrogens with one attached hydrogen (secondary N) is 1. The summed E-state index contributed by atoms with van der Waals surface area (Å²) in [6.45, 7) is 8.40. The summed E-state index contributed by atoms with van der Waals surface area (Å²) in [6.07, 6.45) is 5.79. The van der Waals surface area contributed by atoms with Gasteiger partial charge >= 0.3 is 0 Å². The summed E-state index contributed by atoms with van der Waals surface area (Å²) in [5.41, 5.74) is 0.552. The fraction of sp³-hybridized carbons (Fsp3) is 1.00. The van der Waals surface area contributed by atoms with Crippen LogP contribution >= 0.6 is 0 Å². The molecule has 0 spiro atoms. The molecule has 0 radical (unpaired) electrons. The van der Waals surface area contributed by atoms with E-state index in [1.165, 1.54) is 32.2 Å². The molecule has 1 heterocycles. The van der Waals surface area contributed by atoms with Gasteiger partial charge in [0.25, 0.3) is 0 Å². The molecule has 1 heteroatoms. The first-order chi connectivity index (χ1) is 6.07. The Morgan fingerprint density at radius 3 is 2.46 bits per heavy atom. The molecule has 0 aromatic carbocycles. The Labute approximate surface area is 82.3 Å². The molecule has 1 saturated carbocycles. The Bertz CT molecular complexity index is 186. The highest BCUT2D eigenvalue weighted by Gasteiger charge is 2.37. The minimum absolute atomic E-state index is 0.552. The highest BCUT2D eigenvalue weighted by atomic mass is 15.0.